The van der Waals surface area contributed by atoms with Gasteiger partial charge in [-0.1, -0.05) is 23.9 Å². The normalized spacial score (nSPS) is 16.8. The van der Waals surface area contributed by atoms with Crippen LogP contribution in [-0.2, 0) is 28.4 Å². The number of aromatic nitrogens is 2. The van der Waals surface area contributed by atoms with Crippen molar-refractivity contribution in [2.45, 2.75) is 55.5 Å². The Kier molecular flexibility index (Phi) is 8.99. The Hall–Kier alpha value is -4.79. The summed E-state index contributed by atoms with van der Waals surface area (Å²) in [4.78, 5) is 36.0. The maximum Gasteiger partial charge on any atom is 0.416 e. The number of methoxy groups -OCH3 is 2. The topological polar surface area (TPSA) is 90.9 Å². The van der Waals surface area contributed by atoms with Gasteiger partial charge in [0.1, 0.15) is 5.75 Å². The van der Waals surface area contributed by atoms with E-state index >= 15 is 0 Å². The number of thioether (sulfide) groups is 1. The van der Waals surface area contributed by atoms with E-state index in [1.54, 1.807) is 36.7 Å². The van der Waals surface area contributed by atoms with Crippen LogP contribution >= 0.6 is 11.8 Å². The number of carbonyl (C=O) groups is 2. The molecule has 1 aliphatic heterocycles. The van der Waals surface area contributed by atoms with Gasteiger partial charge >= 0.3 is 24.4 Å². The van der Waals surface area contributed by atoms with E-state index in [0.717, 1.165) is 16.7 Å². The number of esters is 1. The molecule has 1 spiro atoms. The Morgan fingerprint density at radius 3 is 2.20 bits per heavy atom. The van der Waals surface area contributed by atoms with Gasteiger partial charge in [0, 0.05) is 17.3 Å². The molecule has 1 atom stereocenters. The van der Waals surface area contributed by atoms with Crippen LogP contribution in [0.25, 0.3) is 22.3 Å². The van der Waals surface area contributed by atoms with Gasteiger partial charge in [-0.2, -0.15) is 26.3 Å². The van der Waals surface area contributed by atoms with Crippen LogP contribution in [0.3, 0.4) is 0 Å². The summed E-state index contributed by atoms with van der Waals surface area (Å²) in [5.74, 6) is -0.0262. The van der Waals surface area contributed by atoms with Crippen molar-refractivity contribution in [1.82, 2.24) is 14.9 Å². The first-order valence-electron chi connectivity index (χ1n) is 15.1. The number of alkyl halides is 6. The molecule has 1 aromatic heterocycles. The molecule has 1 amide bonds. The molecule has 1 saturated carbocycles. The molecule has 1 aliphatic carbocycles. The Morgan fingerprint density at radius 2 is 1.64 bits per heavy atom. The van der Waals surface area contributed by atoms with Crippen molar-refractivity contribution < 1.29 is 50.1 Å². The maximum absolute atomic E-state index is 13.7. The Labute approximate surface area is 286 Å². The predicted molar refractivity (Wildman–Crippen MR) is 170 cm³/mol. The van der Waals surface area contributed by atoms with E-state index in [0.29, 0.717) is 45.4 Å². The molecule has 50 heavy (non-hydrogen) atoms. The summed E-state index contributed by atoms with van der Waals surface area (Å²) in [6.45, 7) is 1.67. The van der Waals surface area contributed by atoms with Crippen molar-refractivity contribution in [2.75, 3.05) is 20.5 Å². The first kappa shape index (κ1) is 35.1. The molecule has 1 unspecified atom stereocenters. The van der Waals surface area contributed by atoms with Crippen LogP contribution in [0.4, 0.5) is 31.1 Å². The van der Waals surface area contributed by atoms with Gasteiger partial charge in [0.25, 0.3) is 0 Å². The second kappa shape index (κ2) is 12.8. The Morgan fingerprint density at radius 1 is 0.960 bits per heavy atom. The molecule has 0 radical (unpaired) electrons. The fraction of sp³-hybridized carbons (Fsp3) is 0.314. The molecule has 3 aromatic carbocycles. The number of hydrogen-bond acceptors (Lipinski definition) is 8. The van der Waals surface area contributed by atoms with E-state index < -0.39 is 52.7 Å². The summed E-state index contributed by atoms with van der Waals surface area (Å²) in [5.41, 5.74) is -0.394. The number of carbonyl (C=O) groups excluding carboxylic acids is 2. The average Bonchev–Trinajstić information content (AvgIpc) is 3.84. The van der Waals surface area contributed by atoms with Crippen LogP contribution in [0.15, 0.2) is 66.0 Å². The second-order valence-electron chi connectivity index (χ2n) is 11.9. The molecule has 2 aliphatic rings. The number of aryl methyl sites for hydroxylation is 1. The molecule has 0 bridgehead atoms. The van der Waals surface area contributed by atoms with Crippen LogP contribution < -0.4 is 4.74 Å². The highest BCUT2D eigenvalue weighted by molar-refractivity contribution is 7.98. The van der Waals surface area contributed by atoms with Crippen molar-refractivity contribution in [3.63, 3.8) is 0 Å². The van der Waals surface area contributed by atoms with Gasteiger partial charge in [-0.25, -0.2) is 19.6 Å². The van der Waals surface area contributed by atoms with Crippen LogP contribution in [0, 0.1) is 6.92 Å². The molecular weight excluding hydrogens is 688 g/mol. The van der Waals surface area contributed by atoms with E-state index in [1.807, 2.05) is 19.1 Å². The molecule has 6 rings (SSSR count). The monoisotopic (exact) mass is 717 g/mol. The van der Waals surface area contributed by atoms with Crippen LogP contribution in [-0.4, -0.2) is 52.9 Å². The van der Waals surface area contributed by atoms with Crippen LogP contribution in [0.1, 0.15) is 57.3 Å². The fourth-order valence-electron chi connectivity index (χ4n) is 6.30. The zero-order valence-electron chi connectivity index (χ0n) is 27.0. The third kappa shape index (κ3) is 6.45. The van der Waals surface area contributed by atoms with Crippen LogP contribution in [0.2, 0.25) is 0 Å². The van der Waals surface area contributed by atoms with Crippen molar-refractivity contribution >= 4 is 23.8 Å². The standard InChI is InChI=1S/C35H29F6N3O5S/c1-18-11-20(30(45)48-3)5-7-24(18)19-6-8-28(47-2)25(14-19)26-16-42-31(50-4)43-27(26)17-44-32(46)49-29(33(44)9-10-33)21-12-22(34(36,37)38)15-23(13-21)35(39,40)41/h5-8,11-16,29H,9-10,17H2,1-4H3. The molecule has 2 heterocycles. The molecule has 4 aromatic rings. The van der Waals surface area contributed by atoms with E-state index in [2.05, 4.69) is 9.97 Å². The van der Waals surface area contributed by atoms with Crippen molar-refractivity contribution in [3.05, 3.63) is 94.3 Å². The number of nitrogens with zero attached hydrogens (tertiary/aromatic N) is 3. The summed E-state index contributed by atoms with van der Waals surface area (Å²) in [7, 11) is 2.78. The van der Waals surface area contributed by atoms with Gasteiger partial charge in [-0.05, 0) is 90.7 Å². The Balaban J connectivity index is 1.40. The molecule has 8 nitrogen and oxygen atoms in total. The van der Waals surface area contributed by atoms with E-state index in [4.69, 9.17) is 14.2 Å². The van der Waals surface area contributed by atoms with Crippen molar-refractivity contribution in [1.29, 1.82) is 0 Å². The third-order valence-electron chi connectivity index (χ3n) is 8.92. The number of halogens is 6. The summed E-state index contributed by atoms with van der Waals surface area (Å²) < 4.78 is 98.3. The lowest BCUT2D eigenvalue weighted by atomic mass is 9.93. The smallest absolute Gasteiger partial charge is 0.416 e. The second-order valence-corrected chi connectivity index (χ2v) is 12.7. The average molecular weight is 718 g/mol. The van der Waals surface area contributed by atoms with Gasteiger partial charge in [0.05, 0.1) is 48.7 Å². The first-order valence-corrected chi connectivity index (χ1v) is 16.4. The maximum atomic E-state index is 13.7. The highest BCUT2D eigenvalue weighted by atomic mass is 32.2. The van der Waals surface area contributed by atoms with Crippen molar-refractivity contribution in [2.24, 2.45) is 0 Å². The van der Waals surface area contributed by atoms with E-state index in [9.17, 15) is 35.9 Å². The molecule has 2 fully saturated rings. The molecule has 0 N–H and O–H groups in total. The van der Waals surface area contributed by atoms with Gasteiger partial charge in [-0.3, -0.25) is 4.90 Å². The summed E-state index contributed by atoms with van der Waals surface area (Å²) in [6.07, 6.45) is -8.48. The fourth-order valence-corrected chi connectivity index (χ4v) is 6.66. The lowest BCUT2D eigenvalue weighted by molar-refractivity contribution is -0.143. The zero-order valence-corrected chi connectivity index (χ0v) is 27.8. The third-order valence-corrected chi connectivity index (χ3v) is 9.49. The highest BCUT2D eigenvalue weighted by Gasteiger charge is 2.63. The largest absolute Gasteiger partial charge is 0.496 e. The first-order chi connectivity index (χ1) is 23.6. The number of cyclic esters (lactones) is 1. The number of amides is 1. The summed E-state index contributed by atoms with van der Waals surface area (Å²) in [6, 6.07) is 11.8. The van der Waals surface area contributed by atoms with Gasteiger partial charge in [-0.15, -0.1) is 0 Å². The van der Waals surface area contributed by atoms with E-state index in [1.165, 1.54) is 30.9 Å². The minimum atomic E-state index is -5.06. The van der Waals surface area contributed by atoms with Gasteiger partial charge < -0.3 is 14.2 Å². The van der Waals surface area contributed by atoms with Gasteiger partial charge in [0.15, 0.2) is 11.3 Å². The predicted octanol–water partition coefficient (Wildman–Crippen LogP) is 8.90. The quantitative estimate of drug-likeness (QED) is 0.0773. The molecule has 15 heteroatoms. The van der Waals surface area contributed by atoms with E-state index in [-0.39, 0.29) is 25.5 Å². The lowest BCUT2D eigenvalue weighted by Gasteiger charge is -2.26. The summed E-state index contributed by atoms with van der Waals surface area (Å²) >= 11 is 1.24. The number of hydrogen-bond donors (Lipinski definition) is 0. The SMILES string of the molecule is COC(=O)c1ccc(-c2ccc(OC)c(-c3cnc(SC)nc3CN3C(=O)OC(c4cc(C(F)(F)F)cc(C(F)(F)F)c4)C34CC4)c2)c(C)c1. The van der Waals surface area contributed by atoms with Gasteiger partial charge in [0.2, 0.25) is 0 Å². The van der Waals surface area contributed by atoms with Crippen LogP contribution in [0.5, 0.6) is 5.75 Å². The van der Waals surface area contributed by atoms with Crippen molar-refractivity contribution in [3.8, 4) is 28.0 Å². The lowest BCUT2D eigenvalue weighted by Crippen LogP contribution is -2.36. The highest BCUT2D eigenvalue weighted by Crippen LogP contribution is 2.58. The summed E-state index contributed by atoms with van der Waals surface area (Å²) in [5, 5.41) is 0.370. The number of benzene rings is 3. The Bertz CT molecular complexity index is 1960. The number of rotatable bonds is 8. The minimum absolute atomic E-state index is 0.0468. The molecule has 262 valence electrons. The molecular formula is C35H29F6N3O5S. The molecule has 1 saturated heterocycles. The number of ether oxygens (including phenoxy) is 3. The minimum Gasteiger partial charge on any atom is -0.496 e. The zero-order chi connectivity index (χ0) is 36.2.